The van der Waals surface area contributed by atoms with E-state index >= 15 is 0 Å². The van der Waals surface area contributed by atoms with Gasteiger partial charge in [-0.1, -0.05) is 20.8 Å². The van der Waals surface area contributed by atoms with Crippen LogP contribution in [0.3, 0.4) is 0 Å². The predicted molar refractivity (Wildman–Crippen MR) is 53.0 cm³/mol. The van der Waals surface area contributed by atoms with Crippen LogP contribution in [0, 0.1) is 11.3 Å². The van der Waals surface area contributed by atoms with Crippen LogP contribution in [0.1, 0.15) is 33.6 Å². The predicted octanol–water partition coefficient (Wildman–Crippen LogP) is 1.36. The van der Waals surface area contributed by atoms with E-state index in [0.717, 1.165) is 12.5 Å². The van der Waals surface area contributed by atoms with E-state index in [1.54, 1.807) is 0 Å². The molecule has 2 fully saturated rings. The molecule has 0 aromatic carbocycles. The highest BCUT2D eigenvalue weighted by molar-refractivity contribution is 5.07. The van der Waals surface area contributed by atoms with Gasteiger partial charge in [-0.2, -0.15) is 0 Å². The SMILES string of the molecule is CC(C)C.N[C@H]1CNCC12CC2. The monoisotopic (exact) mass is 170 g/mol. The molecule has 1 heterocycles. The van der Waals surface area contributed by atoms with Crippen molar-refractivity contribution in [3.8, 4) is 0 Å². The third-order valence-corrected chi connectivity index (χ3v) is 2.52. The fourth-order valence-corrected chi connectivity index (χ4v) is 1.53. The molecular formula is C10H22N2. The van der Waals surface area contributed by atoms with E-state index in [0.29, 0.717) is 11.5 Å². The highest BCUT2D eigenvalue weighted by Crippen LogP contribution is 2.49. The molecule has 0 aromatic rings. The van der Waals surface area contributed by atoms with Gasteiger partial charge in [0.25, 0.3) is 0 Å². The lowest BCUT2D eigenvalue weighted by Gasteiger charge is -2.08. The van der Waals surface area contributed by atoms with Gasteiger partial charge >= 0.3 is 0 Å². The van der Waals surface area contributed by atoms with Gasteiger partial charge in [0, 0.05) is 19.1 Å². The van der Waals surface area contributed by atoms with E-state index in [-0.39, 0.29) is 0 Å². The molecule has 72 valence electrons. The molecule has 1 spiro atoms. The molecule has 0 amide bonds. The zero-order valence-electron chi connectivity index (χ0n) is 8.56. The van der Waals surface area contributed by atoms with Crippen molar-refractivity contribution in [1.29, 1.82) is 0 Å². The smallest absolute Gasteiger partial charge is 0.0234 e. The standard InChI is InChI=1S/C6H12N2.C4H10/c7-5-3-8-4-6(5)1-2-6;1-4(2)3/h5,8H,1-4,7H2;4H,1-3H3/t5-;/m0./s1. The molecule has 2 rings (SSSR count). The Bertz CT molecular complexity index is 136. The summed E-state index contributed by atoms with van der Waals surface area (Å²) in [5.74, 6) is 0.833. The minimum absolute atomic E-state index is 0.461. The molecule has 2 heteroatoms. The first-order valence-electron chi connectivity index (χ1n) is 5.03. The van der Waals surface area contributed by atoms with Crippen molar-refractivity contribution in [2.24, 2.45) is 17.1 Å². The molecule has 1 atom stereocenters. The Balaban J connectivity index is 0.000000157. The maximum atomic E-state index is 5.81. The number of nitrogens with one attached hydrogen (secondary N) is 1. The number of nitrogens with two attached hydrogens (primary N) is 1. The van der Waals surface area contributed by atoms with Crippen molar-refractivity contribution in [1.82, 2.24) is 5.32 Å². The van der Waals surface area contributed by atoms with Crippen molar-refractivity contribution in [3.63, 3.8) is 0 Å². The average molecular weight is 170 g/mol. The molecule has 1 aliphatic carbocycles. The molecule has 2 nitrogen and oxygen atoms in total. The molecule has 0 radical (unpaired) electrons. The van der Waals surface area contributed by atoms with Gasteiger partial charge in [0.15, 0.2) is 0 Å². The molecule has 1 saturated heterocycles. The zero-order valence-corrected chi connectivity index (χ0v) is 8.56. The largest absolute Gasteiger partial charge is 0.326 e. The van der Waals surface area contributed by atoms with E-state index in [4.69, 9.17) is 5.73 Å². The second-order valence-electron chi connectivity index (χ2n) is 4.83. The van der Waals surface area contributed by atoms with Gasteiger partial charge in [0.05, 0.1) is 0 Å². The van der Waals surface area contributed by atoms with Crippen molar-refractivity contribution < 1.29 is 0 Å². The lowest BCUT2D eigenvalue weighted by molar-refractivity contribution is 0.498. The van der Waals surface area contributed by atoms with Gasteiger partial charge in [0.1, 0.15) is 0 Å². The van der Waals surface area contributed by atoms with Crippen LogP contribution in [0.25, 0.3) is 0 Å². The summed E-state index contributed by atoms with van der Waals surface area (Å²) in [7, 11) is 0. The van der Waals surface area contributed by atoms with E-state index in [1.807, 2.05) is 0 Å². The van der Waals surface area contributed by atoms with Gasteiger partial charge in [-0.05, 0) is 24.2 Å². The first-order valence-corrected chi connectivity index (χ1v) is 5.03. The van der Waals surface area contributed by atoms with E-state index in [2.05, 4.69) is 26.1 Å². The van der Waals surface area contributed by atoms with Crippen LogP contribution in [-0.4, -0.2) is 19.1 Å². The Morgan fingerprint density at radius 2 is 1.83 bits per heavy atom. The Morgan fingerprint density at radius 1 is 1.33 bits per heavy atom. The lowest BCUT2D eigenvalue weighted by atomic mass is 10.0. The van der Waals surface area contributed by atoms with E-state index < -0.39 is 0 Å². The molecule has 0 aromatic heterocycles. The summed E-state index contributed by atoms with van der Waals surface area (Å²) in [5.41, 5.74) is 6.38. The maximum Gasteiger partial charge on any atom is 0.0234 e. The summed E-state index contributed by atoms with van der Waals surface area (Å²) < 4.78 is 0. The third kappa shape index (κ3) is 2.46. The minimum Gasteiger partial charge on any atom is -0.326 e. The Labute approximate surface area is 75.9 Å². The Morgan fingerprint density at radius 3 is 2.00 bits per heavy atom. The normalized spacial score (nSPS) is 30.2. The van der Waals surface area contributed by atoms with Crippen LogP contribution < -0.4 is 11.1 Å². The quantitative estimate of drug-likeness (QED) is 0.576. The first-order chi connectivity index (χ1) is 5.57. The van der Waals surface area contributed by atoms with E-state index in [9.17, 15) is 0 Å². The summed E-state index contributed by atoms with van der Waals surface area (Å²) >= 11 is 0. The average Bonchev–Trinajstić information content (AvgIpc) is 2.59. The van der Waals surface area contributed by atoms with Crippen LogP contribution in [0.5, 0.6) is 0 Å². The van der Waals surface area contributed by atoms with Crippen molar-refractivity contribution in [2.75, 3.05) is 13.1 Å². The van der Waals surface area contributed by atoms with Gasteiger partial charge in [-0.25, -0.2) is 0 Å². The van der Waals surface area contributed by atoms with Crippen LogP contribution in [0.15, 0.2) is 0 Å². The molecular weight excluding hydrogens is 148 g/mol. The Hall–Kier alpha value is -0.0800. The molecule has 1 saturated carbocycles. The Kier molecular flexibility index (Phi) is 3.13. The highest BCUT2D eigenvalue weighted by atomic mass is 15.0. The summed E-state index contributed by atoms with van der Waals surface area (Å²) in [4.78, 5) is 0. The van der Waals surface area contributed by atoms with Crippen LogP contribution >= 0.6 is 0 Å². The second kappa shape index (κ2) is 3.75. The van der Waals surface area contributed by atoms with E-state index in [1.165, 1.54) is 19.4 Å². The summed E-state index contributed by atoms with van der Waals surface area (Å²) in [6.45, 7) is 8.72. The molecule has 3 N–H and O–H groups in total. The van der Waals surface area contributed by atoms with Crippen LogP contribution in [0.2, 0.25) is 0 Å². The highest BCUT2D eigenvalue weighted by Gasteiger charge is 2.50. The topological polar surface area (TPSA) is 38.0 Å². The summed E-state index contributed by atoms with van der Waals surface area (Å²) in [6.07, 6.45) is 2.72. The third-order valence-electron chi connectivity index (χ3n) is 2.52. The molecule has 1 aliphatic heterocycles. The lowest BCUT2D eigenvalue weighted by Crippen LogP contribution is -2.29. The molecule has 2 aliphatic rings. The molecule has 0 unspecified atom stereocenters. The van der Waals surface area contributed by atoms with Gasteiger partial charge in [0.2, 0.25) is 0 Å². The molecule has 0 bridgehead atoms. The number of rotatable bonds is 0. The fraction of sp³-hybridized carbons (Fsp3) is 1.00. The van der Waals surface area contributed by atoms with Gasteiger partial charge in [-0.15, -0.1) is 0 Å². The number of hydrogen-bond donors (Lipinski definition) is 2. The summed E-state index contributed by atoms with van der Waals surface area (Å²) in [5, 5.41) is 3.30. The fourth-order valence-electron chi connectivity index (χ4n) is 1.53. The van der Waals surface area contributed by atoms with Crippen LogP contribution in [0.4, 0.5) is 0 Å². The van der Waals surface area contributed by atoms with Crippen LogP contribution in [-0.2, 0) is 0 Å². The second-order valence-corrected chi connectivity index (χ2v) is 4.83. The van der Waals surface area contributed by atoms with Gasteiger partial charge in [-0.3, -0.25) is 0 Å². The van der Waals surface area contributed by atoms with Crippen molar-refractivity contribution >= 4 is 0 Å². The van der Waals surface area contributed by atoms with Gasteiger partial charge < -0.3 is 11.1 Å². The first kappa shape index (κ1) is 10.0. The van der Waals surface area contributed by atoms with Crippen molar-refractivity contribution in [2.45, 2.75) is 39.7 Å². The summed E-state index contributed by atoms with van der Waals surface area (Å²) in [6, 6.07) is 0.461. The molecule has 12 heavy (non-hydrogen) atoms. The van der Waals surface area contributed by atoms with Crippen molar-refractivity contribution in [3.05, 3.63) is 0 Å². The maximum absolute atomic E-state index is 5.81. The zero-order chi connectivity index (χ0) is 9.19. The number of hydrogen-bond acceptors (Lipinski definition) is 2. The minimum atomic E-state index is 0.461.